The summed E-state index contributed by atoms with van der Waals surface area (Å²) in [7, 11) is 6.88. The predicted octanol–water partition coefficient (Wildman–Crippen LogP) is 1.55. The fourth-order valence-corrected chi connectivity index (χ4v) is 7.62. The molecule has 0 radical (unpaired) electrons. The molecule has 1 amide bonds. The number of nitrogens with two attached hydrogens (primary N) is 1. The van der Waals surface area contributed by atoms with Crippen molar-refractivity contribution in [3.05, 3.63) is 75.1 Å². The van der Waals surface area contributed by atoms with Crippen molar-refractivity contribution in [2.75, 3.05) is 33.1 Å². The zero-order valence-corrected chi connectivity index (χ0v) is 24.6. The largest absolute Gasteiger partial charge is 0.508 e. The molecule has 0 spiro atoms. The number of phenolic OH excluding ortho intramolecular Hbond substituents is 1. The number of aliphatic hydroxyl groups excluding tert-OH is 2. The molecular weight excluding hydrogens is 552 g/mol. The quantitative estimate of drug-likeness (QED) is 0.323. The SMILES string of the molecule is CN(C)c1cc(CN2Cc3ccccc3C2)c(O)c2c1C[C@H]1C[C@H]3[C@@H](N(C)C)C(=O)C(C(N)=O)=C(O)[C@@]3(O)C(=O)C1=C2O. The number of aliphatic hydroxyl groups is 3. The van der Waals surface area contributed by atoms with E-state index in [0.717, 1.165) is 5.69 Å². The number of Topliss-reactive ketones (excluding diaryl/α,β-unsaturated/α-hetero) is 2. The van der Waals surface area contributed by atoms with E-state index in [9.17, 15) is 34.8 Å². The van der Waals surface area contributed by atoms with Crippen molar-refractivity contribution in [1.29, 1.82) is 0 Å². The van der Waals surface area contributed by atoms with Crippen LogP contribution in [0.15, 0.2) is 47.2 Å². The molecule has 1 aliphatic heterocycles. The van der Waals surface area contributed by atoms with Crippen LogP contribution in [0, 0.1) is 11.8 Å². The molecule has 2 aromatic rings. The van der Waals surface area contributed by atoms with Crippen LogP contribution in [0.5, 0.6) is 5.75 Å². The number of likely N-dealkylation sites (N-methyl/N-ethyl adjacent to an activating group) is 1. The maximum absolute atomic E-state index is 14.2. The first-order valence-electron chi connectivity index (χ1n) is 14.3. The summed E-state index contributed by atoms with van der Waals surface area (Å²) in [6.07, 6.45) is 0.290. The molecular formula is C32H36N4O7. The lowest BCUT2D eigenvalue weighted by molar-refractivity contribution is -0.153. The van der Waals surface area contributed by atoms with Gasteiger partial charge in [0.2, 0.25) is 5.78 Å². The van der Waals surface area contributed by atoms with E-state index >= 15 is 0 Å². The third-order valence-corrected chi connectivity index (χ3v) is 9.56. The number of aromatic hydroxyl groups is 1. The van der Waals surface area contributed by atoms with Gasteiger partial charge < -0.3 is 31.1 Å². The minimum Gasteiger partial charge on any atom is -0.508 e. The average Bonchev–Trinajstić information content (AvgIpc) is 3.34. The topological polar surface area (TPSA) is 168 Å². The average molecular weight is 589 g/mol. The van der Waals surface area contributed by atoms with E-state index in [1.807, 2.05) is 37.2 Å². The molecule has 2 aromatic carbocycles. The predicted molar refractivity (Wildman–Crippen MR) is 158 cm³/mol. The van der Waals surface area contributed by atoms with Gasteiger partial charge in [0.25, 0.3) is 5.91 Å². The summed E-state index contributed by atoms with van der Waals surface area (Å²) in [6, 6.07) is 8.91. The van der Waals surface area contributed by atoms with E-state index in [2.05, 4.69) is 17.0 Å². The van der Waals surface area contributed by atoms with Crippen molar-refractivity contribution in [2.24, 2.45) is 17.6 Å². The Morgan fingerprint density at radius 2 is 1.70 bits per heavy atom. The van der Waals surface area contributed by atoms with E-state index in [4.69, 9.17) is 5.73 Å². The molecule has 4 atom stereocenters. The molecule has 0 aromatic heterocycles. The number of carbonyl (C=O) groups excluding carboxylic acids is 3. The summed E-state index contributed by atoms with van der Waals surface area (Å²) >= 11 is 0. The number of primary amides is 1. The Kier molecular flexibility index (Phi) is 6.68. The number of nitrogens with zero attached hydrogens (tertiary/aromatic N) is 3. The van der Waals surface area contributed by atoms with Gasteiger partial charge in [-0.15, -0.1) is 0 Å². The van der Waals surface area contributed by atoms with Crippen molar-refractivity contribution in [1.82, 2.24) is 9.80 Å². The number of benzene rings is 2. The van der Waals surface area contributed by atoms with Gasteiger partial charge in [-0.1, -0.05) is 24.3 Å². The minimum absolute atomic E-state index is 0.0488. The van der Waals surface area contributed by atoms with Gasteiger partial charge in [-0.2, -0.15) is 0 Å². The Labute approximate surface area is 249 Å². The highest BCUT2D eigenvalue weighted by Crippen LogP contribution is 2.54. The molecule has 11 nitrogen and oxygen atoms in total. The number of phenols is 1. The zero-order valence-electron chi connectivity index (χ0n) is 24.6. The number of fused-ring (bicyclic) bond motifs is 4. The van der Waals surface area contributed by atoms with Crippen LogP contribution in [0.25, 0.3) is 5.76 Å². The Morgan fingerprint density at radius 1 is 1.07 bits per heavy atom. The molecule has 6 N–H and O–H groups in total. The molecule has 226 valence electrons. The number of anilines is 1. The highest BCUT2D eigenvalue weighted by Gasteiger charge is 2.64. The fourth-order valence-electron chi connectivity index (χ4n) is 7.62. The van der Waals surface area contributed by atoms with Gasteiger partial charge in [0.1, 0.15) is 22.8 Å². The lowest BCUT2D eigenvalue weighted by Gasteiger charge is -2.50. The van der Waals surface area contributed by atoms with Crippen LogP contribution in [0.2, 0.25) is 0 Å². The number of hydrogen-bond donors (Lipinski definition) is 5. The molecule has 0 saturated heterocycles. The van der Waals surface area contributed by atoms with Crippen LogP contribution < -0.4 is 10.6 Å². The summed E-state index contributed by atoms with van der Waals surface area (Å²) in [5.41, 5.74) is 6.27. The fraction of sp³-hybridized carbons (Fsp3) is 0.406. The molecule has 6 rings (SSSR count). The van der Waals surface area contributed by atoms with Crippen LogP contribution in [0.4, 0.5) is 5.69 Å². The number of hydrogen-bond acceptors (Lipinski definition) is 10. The molecule has 0 unspecified atom stereocenters. The van der Waals surface area contributed by atoms with Crippen molar-refractivity contribution in [3.8, 4) is 5.75 Å². The van der Waals surface area contributed by atoms with Gasteiger partial charge in [0, 0.05) is 56.5 Å². The van der Waals surface area contributed by atoms with Crippen LogP contribution in [-0.2, 0) is 40.4 Å². The number of amides is 1. The first-order valence-corrected chi connectivity index (χ1v) is 14.3. The number of ketones is 2. The Hall–Kier alpha value is -4.19. The van der Waals surface area contributed by atoms with E-state index in [1.54, 1.807) is 14.1 Å². The summed E-state index contributed by atoms with van der Waals surface area (Å²) in [5.74, 6) is -6.52. The van der Waals surface area contributed by atoms with Crippen LogP contribution >= 0.6 is 0 Å². The zero-order chi connectivity index (χ0) is 31.1. The molecule has 1 saturated carbocycles. The van der Waals surface area contributed by atoms with Gasteiger partial charge in [-0.3, -0.25) is 24.2 Å². The lowest BCUT2D eigenvalue weighted by atomic mass is 9.57. The summed E-state index contributed by atoms with van der Waals surface area (Å²) in [6.45, 7) is 1.79. The number of rotatable bonds is 5. The smallest absolute Gasteiger partial charge is 0.255 e. The van der Waals surface area contributed by atoms with Crippen LogP contribution in [-0.4, -0.2) is 87.5 Å². The monoisotopic (exact) mass is 588 g/mol. The molecule has 0 bridgehead atoms. The second-order valence-corrected chi connectivity index (χ2v) is 12.5. The van der Waals surface area contributed by atoms with Gasteiger partial charge in [0.15, 0.2) is 11.4 Å². The highest BCUT2D eigenvalue weighted by molar-refractivity contribution is 6.24. The van der Waals surface area contributed by atoms with E-state index in [-0.39, 0.29) is 29.7 Å². The number of carbonyl (C=O) groups is 3. The highest BCUT2D eigenvalue weighted by atomic mass is 16.3. The summed E-state index contributed by atoms with van der Waals surface area (Å²) in [4.78, 5) is 45.2. The van der Waals surface area contributed by atoms with E-state index < -0.39 is 58.0 Å². The molecule has 3 aliphatic carbocycles. The second kappa shape index (κ2) is 9.94. The summed E-state index contributed by atoms with van der Waals surface area (Å²) < 4.78 is 0. The molecule has 4 aliphatic rings. The van der Waals surface area contributed by atoms with Crippen molar-refractivity contribution in [3.63, 3.8) is 0 Å². The Bertz CT molecular complexity index is 1630. The Morgan fingerprint density at radius 3 is 2.26 bits per heavy atom. The minimum atomic E-state index is -2.66. The van der Waals surface area contributed by atoms with Crippen molar-refractivity contribution in [2.45, 2.75) is 44.1 Å². The third kappa shape index (κ3) is 4.10. The molecule has 1 fully saturated rings. The van der Waals surface area contributed by atoms with Gasteiger partial charge in [0.05, 0.1) is 11.6 Å². The third-order valence-electron chi connectivity index (χ3n) is 9.56. The Balaban J connectivity index is 1.48. The van der Waals surface area contributed by atoms with Gasteiger partial charge >= 0.3 is 0 Å². The maximum Gasteiger partial charge on any atom is 0.255 e. The molecule has 43 heavy (non-hydrogen) atoms. The molecule has 1 heterocycles. The standard InChI is InChI=1S/C32H36N4O7/c1-34(2)21-11-18(14-36-12-15-7-5-6-8-16(15)13-36)26(37)23-19(21)9-17-10-20-25(35(3)4)28(39)24(31(33)42)30(41)32(20,43)29(40)22(17)27(23)38/h5-8,11,17,20,25,37-38,41,43H,9-10,12-14H2,1-4H3,(H2,33,42)/t17-,20-,25+,32-/m0/s1. The second-order valence-electron chi connectivity index (χ2n) is 12.5. The van der Waals surface area contributed by atoms with Crippen molar-refractivity contribution >= 4 is 28.9 Å². The normalized spacial score (nSPS) is 26.8. The van der Waals surface area contributed by atoms with E-state index in [0.29, 0.717) is 30.8 Å². The maximum atomic E-state index is 14.2. The first kappa shape index (κ1) is 28.9. The van der Waals surface area contributed by atoms with Gasteiger partial charge in [-0.25, -0.2) is 0 Å². The first-order chi connectivity index (χ1) is 20.3. The van der Waals surface area contributed by atoms with E-state index in [1.165, 1.54) is 16.0 Å². The van der Waals surface area contributed by atoms with Crippen molar-refractivity contribution < 1.29 is 34.8 Å². The van der Waals surface area contributed by atoms with Gasteiger partial charge in [-0.05, 0) is 55.6 Å². The summed E-state index contributed by atoms with van der Waals surface area (Å²) in [5, 5.41) is 46.2. The van der Waals surface area contributed by atoms with Crippen LogP contribution in [0.1, 0.15) is 34.2 Å². The molecule has 11 heteroatoms. The lowest BCUT2D eigenvalue weighted by Crippen LogP contribution is -2.65. The van der Waals surface area contributed by atoms with Crippen LogP contribution in [0.3, 0.4) is 0 Å².